The van der Waals surface area contributed by atoms with Crippen LogP contribution in [-0.4, -0.2) is 243 Å². The topological polar surface area (TPSA) is 43.3 Å². The van der Waals surface area contributed by atoms with Gasteiger partial charge in [-0.25, -0.2) is 0 Å². The van der Waals surface area contributed by atoms with E-state index in [1.54, 1.807) is 0 Å². The summed E-state index contributed by atoms with van der Waals surface area (Å²) >= 11 is 0. The van der Waals surface area contributed by atoms with Crippen molar-refractivity contribution >= 4 is 0 Å². The lowest BCUT2D eigenvalue weighted by molar-refractivity contribution is 0.0503. The Morgan fingerprint density at radius 2 is 0.438 bits per heavy atom. The molecule has 0 spiro atoms. The van der Waals surface area contributed by atoms with E-state index in [4.69, 9.17) is 4.74 Å². The van der Waals surface area contributed by atoms with Crippen LogP contribution in [-0.2, 0) is 11.8 Å². The molecule has 10 heterocycles. The van der Waals surface area contributed by atoms with Crippen LogP contribution >= 0.6 is 0 Å². The molecule has 11 heteroatoms. The lowest BCUT2D eigenvalue weighted by atomic mass is 10.00. The first-order chi connectivity index (χ1) is 34.5. The molecular weight excluding hydrogens is 901 g/mol. The third-order valence-electron chi connectivity index (χ3n) is 16.1. The fourth-order valence-corrected chi connectivity index (χ4v) is 9.66. The Hall–Kier alpha value is -1.12. The molecule has 0 unspecified atom stereocenters. The molecule has 9 aliphatic heterocycles. The SMILES string of the molecule is C.CC1CCN(C)CC1.CC1CCN(C)CC1.CC1CCN(C)CC1.CC1CCN(C)CC1.CN1CCCC1.CN1CCCCC1.CN1CCCCC1.CN1CCCCC1.CN1CCOCC1.Cn1cccc1. The minimum Gasteiger partial charge on any atom is -0.379 e. The van der Waals surface area contributed by atoms with Gasteiger partial charge in [-0.05, 0) is 307 Å². The molecule has 11 nitrogen and oxygen atoms in total. The van der Waals surface area contributed by atoms with Crippen molar-refractivity contribution in [3.05, 3.63) is 24.5 Å². The molecular formula is C62H132N10O. The van der Waals surface area contributed by atoms with Crippen LogP contribution in [0.25, 0.3) is 0 Å². The second-order valence-electron chi connectivity index (χ2n) is 24.3. The van der Waals surface area contributed by atoms with Gasteiger partial charge in [0, 0.05) is 32.5 Å². The normalized spacial score (nSPS) is 24.0. The van der Waals surface area contributed by atoms with Crippen LogP contribution in [0.1, 0.15) is 157 Å². The minimum absolute atomic E-state index is 0. The second kappa shape index (κ2) is 48.0. The summed E-state index contributed by atoms with van der Waals surface area (Å²) in [4.78, 5) is 21.4. The Morgan fingerprint density at radius 1 is 0.260 bits per heavy atom. The monoisotopic (exact) mass is 1030 g/mol. The molecule has 0 aliphatic carbocycles. The average molecular weight is 1030 g/mol. The summed E-state index contributed by atoms with van der Waals surface area (Å²) in [7, 11) is 21.7. The largest absolute Gasteiger partial charge is 0.379 e. The van der Waals surface area contributed by atoms with E-state index in [9.17, 15) is 0 Å². The van der Waals surface area contributed by atoms with Crippen LogP contribution in [0.15, 0.2) is 24.5 Å². The fraction of sp³-hybridized carbons (Fsp3) is 0.935. The van der Waals surface area contributed by atoms with E-state index in [0.717, 1.165) is 50.0 Å². The van der Waals surface area contributed by atoms with Gasteiger partial charge in [-0.15, -0.1) is 0 Å². The standard InChI is InChI=1S/4C7H15N.3C6H13N.C5H11NO.C5H11N.C5H7N.CH4/c4*1-7-3-5-8(2)6-4-7;3*1-7-5-3-2-4-6-7;1-6-2-4-7-5-3-6;2*1-6-4-2-3-5-6;/h4*7H,3-6H2,1-2H3;3*2-6H2,1H3;2-5H2,1H3;2-5H2,1H3;2-5H,1H3;1H4. The van der Waals surface area contributed by atoms with Crippen molar-refractivity contribution in [2.24, 2.45) is 30.7 Å². The van der Waals surface area contributed by atoms with Crippen LogP contribution in [0.4, 0.5) is 0 Å². The number of aromatic nitrogens is 1. The summed E-state index contributed by atoms with van der Waals surface area (Å²) in [5, 5.41) is 0. The maximum Gasteiger partial charge on any atom is 0.0594 e. The number of rotatable bonds is 0. The molecule has 0 radical (unpaired) electrons. The number of piperidine rings is 7. The van der Waals surface area contributed by atoms with E-state index in [2.05, 4.69) is 135 Å². The Kier molecular flexibility index (Phi) is 47.3. The van der Waals surface area contributed by atoms with Gasteiger partial charge in [0.25, 0.3) is 0 Å². The number of hydrogen-bond donors (Lipinski definition) is 0. The predicted octanol–water partition coefficient (Wildman–Crippen LogP) is 11.0. The Balaban J connectivity index is 0.000000789. The van der Waals surface area contributed by atoms with Gasteiger partial charge < -0.3 is 53.4 Å². The van der Waals surface area contributed by atoms with Crippen molar-refractivity contribution in [3.8, 4) is 0 Å². The molecule has 0 N–H and O–H groups in total. The Bertz CT molecular complexity index is 1030. The number of aryl methyl sites for hydroxylation is 1. The molecule has 0 saturated carbocycles. The summed E-state index contributed by atoms with van der Waals surface area (Å²) < 4.78 is 7.10. The van der Waals surface area contributed by atoms with Gasteiger partial charge in [0.15, 0.2) is 0 Å². The Labute approximate surface area is 458 Å². The van der Waals surface area contributed by atoms with Gasteiger partial charge >= 0.3 is 0 Å². The first kappa shape index (κ1) is 71.9. The summed E-state index contributed by atoms with van der Waals surface area (Å²) in [5.74, 6) is 3.91. The number of likely N-dealkylation sites (tertiary alicyclic amines) is 8. The second-order valence-corrected chi connectivity index (χ2v) is 24.3. The van der Waals surface area contributed by atoms with E-state index in [1.165, 1.54) is 227 Å². The number of ether oxygens (including phenoxy) is 1. The van der Waals surface area contributed by atoms with Crippen molar-refractivity contribution in [2.75, 3.05) is 194 Å². The molecule has 9 aliphatic rings. The molecule has 73 heavy (non-hydrogen) atoms. The quantitative estimate of drug-likeness (QED) is 0.251. The van der Waals surface area contributed by atoms with Crippen LogP contribution < -0.4 is 0 Å². The molecule has 0 atom stereocenters. The van der Waals surface area contributed by atoms with E-state index in [-0.39, 0.29) is 7.43 Å². The van der Waals surface area contributed by atoms with Crippen LogP contribution in [0.2, 0.25) is 0 Å². The molecule has 1 aromatic heterocycles. The van der Waals surface area contributed by atoms with Gasteiger partial charge in [-0.2, -0.15) is 0 Å². The van der Waals surface area contributed by atoms with E-state index >= 15 is 0 Å². The van der Waals surface area contributed by atoms with Crippen molar-refractivity contribution in [1.82, 2.24) is 48.7 Å². The first-order valence-electron chi connectivity index (χ1n) is 30.3. The summed E-state index contributed by atoms with van der Waals surface area (Å²) in [6.45, 7) is 34.4. The molecule has 9 fully saturated rings. The first-order valence-corrected chi connectivity index (χ1v) is 30.3. The van der Waals surface area contributed by atoms with Crippen molar-refractivity contribution < 1.29 is 4.74 Å². The van der Waals surface area contributed by atoms with Crippen molar-refractivity contribution in [2.45, 2.75) is 157 Å². The smallest absolute Gasteiger partial charge is 0.0594 e. The van der Waals surface area contributed by atoms with Crippen molar-refractivity contribution in [3.63, 3.8) is 0 Å². The van der Waals surface area contributed by atoms with E-state index in [1.807, 2.05) is 36.1 Å². The summed E-state index contributed by atoms with van der Waals surface area (Å²) in [6.07, 6.45) is 30.8. The van der Waals surface area contributed by atoms with Gasteiger partial charge in [0.05, 0.1) is 13.2 Å². The van der Waals surface area contributed by atoms with Gasteiger partial charge in [-0.1, -0.05) is 54.4 Å². The fourth-order valence-electron chi connectivity index (χ4n) is 9.66. The van der Waals surface area contributed by atoms with Crippen LogP contribution in [0, 0.1) is 23.7 Å². The maximum absolute atomic E-state index is 5.10. The number of morpholine rings is 1. The zero-order chi connectivity index (χ0) is 53.2. The molecule has 1 aromatic rings. The highest BCUT2D eigenvalue weighted by Crippen LogP contribution is 2.16. The molecule has 9 saturated heterocycles. The summed E-state index contributed by atoms with van der Waals surface area (Å²) in [5.41, 5.74) is 0. The van der Waals surface area contributed by atoms with Crippen molar-refractivity contribution in [1.29, 1.82) is 0 Å². The third kappa shape index (κ3) is 46.7. The maximum atomic E-state index is 5.10. The summed E-state index contributed by atoms with van der Waals surface area (Å²) in [6, 6.07) is 4.00. The molecule has 0 amide bonds. The van der Waals surface area contributed by atoms with E-state index < -0.39 is 0 Å². The third-order valence-corrected chi connectivity index (χ3v) is 16.1. The van der Waals surface area contributed by atoms with Gasteiger partial charge in [0.1, 0.15) is 0 Å². The number of nitrogens with zero attached hydrogens (tertiary/aromatic N) is 10. The van der Waals surface area contributed by atoms with Gasteiger partial charge in [0.2, 0.25) is 0 Å². The van der Waals surface area contributed by atoms with E-state index in [0.29, 0.717) is 0 Å². The zero-order valence-electron chi connectivity index (χ0n) is 51.1. The highest BCUT2D eigenvalue weighted by atomic mass is 16.5. The Morgan fingerprint density at radius 3 is 0.548 bits per heavy atom. The van der Waals surface area contributed by atoms with Crippen LogP contribution in [0.5, 0.6) is 0 Å². The zero-order valence-corrected chi connectivity index (χ0v) is 51.1. The lowest BCUT2D eigenvalue weighted by Crippen LogP contribution is -2.32. The molecule has 436 valence electrons. The predicted molar refractivity (Wildman–Crippen MR) is 325 cm³/mol. The highest BCUT2D eigenvalue weighted by molar-refractivity contribution is 4.88. The van der Waals surface area contributed by atoms with Crippen LogP contribution in [0.3, 0.4) is 0 Å². The molecule has 0 bridgehead atoms. The highest BCUT2D eigenvalue weighted by Gasteiger charge is 2.14. The van der Waals surface area contributed by atoms with Gasteiger partial charge in [-0.3, -0.25) is 0 Å². The number of hydrogen-bond acceptors (Lipinski definition) is 10. The molecule has 10 rings (SSSR count). The molecule has 0 aromatic carbocycles. The number of likely N-dealkylation sites (N-methyl/N-ethyl adjacent to an activating group) is 1. The minimum atomic E-state index is 0. The average Bonchev–Trinajstić information content (AvgIpc) is 4.09. The lowest BCUT2D eigenvalue weighted by Gasteiger charge is -2.26.